The van der Waals surface area contributed by atoms with Crippen LogP contribution < -0.4 is 10.1 Å². The maximum absolute atomic E-state index is 12.5. The molecule has 0 unspecified atom stereocenters. The molecule has 1 saturated heterocycles. The van der Waals surface area contributed by atoms with Crippen LogP contribution in [0.2, 0.25) is 10.0 Å². The Balaban J connectivity index is 0.000000620. The van der Waals surface area contributed by atoms with Crippen LogP contribution in [0.3, 0.4) is 0 Å². The summed E-state index contributed by atoms with van der Waals surface area (Å²) >= 11 is 11.9. The summed E-state index contributed by atoms with van der Waals surface area (Å²) < 4.78 is 11.0. The molecule has 0 aliphatic carbocycles. The highest BCUT2D eigenvalue weighted by Gasteiger charge is 2.17. The lowest BCUT2D eigenvalue weighted by Gasteiger charge is -2.29. The molecule has 1 aromatic rings. The van der Waals surface area contributed by atoms with Crippen LogP contribution in [0.5, 0.6) is 5.75 Å². The predicted molar refractivity (Wildman–Crippen MR) is 129 cm³/mol. The number of benzene rings is 1. The van der Waals surface area contributed by atoms with Crippen molar-refractivity contribution < 1.29 is 34.1 Å². The van der Waals surface area contributed by atoms with Gasteiger partial charge >= 0.3 is 18.0 Å². The number of halogens is 2. The zero-order chi connectivity index (χ0) is 25.5. The number of aliphatic carboxylic acids is 2. The Bertz CT molecular complexity index is 794. The van der Waals surface area contributed by atoms with Crippen molar-refractivity contribution in [3.63, 3.8) is 0 Å². The van der Waals surface area contributed by atoms with E-state index in [4.69, 9.17) is 42.9 Å². The Morgan fingerprint density at radius 1 is 1.12 bits per heavy atom. The average molecular weight is 520 g/mol. The van der Waals surface area contributed by atoms with Gasteiger partial charge in [-0.25, -0.2) is 14.4 Å². The summed E-state index contributed by atoms with van der Waals surface area (Å²) in [7, 11) is 0. The molecule has 0 aromatic heterocycles. The second-order valence-corrected chi connectivity index (χ2v) is 8.31. The van der Waals surface area contributed by atoms with Gasteiger partial charge in [0.15, 0.2) is 0 Å². The summed E-state index contributed by atoms with van der Waals surface area (Å²) in [6.45, 7) is 9.62. The molecular formula is C22H31Cl2N3O7. The van der Waals surface area contributed by atoms with Crippen LogP contribution in [0.4, 0.5) is 4.79 Å². The highest BCUT2D eigenvalue weighted by molar-refractivity contribution is 6.34. The van der Waals surface area contributed by atoms with Crippen LogP contribution in [-0.2, 0) is 14.3 Å². The number of rotatable bonds is 10. The van der Waals surface area contributed by atoms with Gasteiger partial charge in [-0.05, 0) is 32.0 Å². The first-order chi connectivity index (χ1) is 16.1. The van der Waals surface area contributed by atoms with E-state index in [-0.39, 0.29) is 12.1 Å². The van der Waals surface area contributed by atoms with E-state index in [2.05, 4.69) is 10.2 Å². The van der Waals surface area contributed by atoms with Crippen molar-refractivity contribution in [1.29, 1.82) is 0 Å². The number of nitrogens with one attached hydrogen (secondary N) is 1. The molecule has 2 rings (SSSR count). The van der Waals surface area contributed by atoms with Crippen LogP contribution in [0, 0.1) is 0 Å². The van der Waals surface area contributed by atoms with E-state index < -0.39 is 11.9 Å². The molecule has 0 bridgehead atoms. The molecule has 1 fully saturated rings. The van der Waals surface area contributed by atoms with Crippen molar-refractivity contribution in [3.05, 3.63) is 40.4 Å². The third-order valence-electron chi connectivity index (χ3n) is 4.50. The molecule has 1 aromatic carbocycles. The van der Waals surface area contributed by atoms with Gasteiger partial charge in [0.05, 0.1) is 19.8 Å². The van der Waals surface area contributed by atoms with Crippen molar-refractivity contribution in [1.82, 2.24) is 15.1 Å². The largest absolute Gasteiger partial charge is 0.492 e. The molecule has 0 radical (unpaired) electrons. The summed E-state index contributed by atoms with van der Waals surface area (Å²) in [4.78, 5) is 35.6. The van der Waals surface area contributed by atoms with Crippen molar-refractivity contribution in [2.45, 2.75) is 19.9 Å². The Kier molecular flexibility index (Phi) is 14.0. The first-order valence-electron chi connectivity index (χ1n) is 10.7. The summed E-state index contributed by atoms with van der Waals surface area (Å²) in [5, 5.41) is 19.7. The van der Waals surface area contributed by atoms with E-state index in [1.807, 2.05) is 13.8 Å². The smallest absolute Gasteiger partial charge is 0.328 e. The molecule has 1 aliphatic rings. The van der Waals surface area contributed by atoms with E-state index in [0.717, 1.165) is 32.8 Å². The van der Waals surface area contributed by atoms with E-state index >= 15 is 0 Å². The fourth-order valence-corrected chi connectivity index (χ4v) is 3.36. The second-order valence-electron chi connectivity index (χ2n) is 7.44. The van der Waals surface area contributed by atoms with Gasteiger partial charge in [0.1, 0.15) is 12.4 Å². The predicted octanol–water partition coefficient (Wildman–Crippen LogP) is 2.84. The summed E-state index contributed by atoms with van der Waals surface area (Å²) in [5.41, 5.74) is 0. The maximum Gasteiger partial charge on any atom is 0.328 e. The first kappa shape index (κ1) is 29.5. The summed E-state index contributed by atoms with van der Waals surface area (Å²) in [6, 6.07) is 5.05. The Morgan fingerprint density at radius 2 is 1.68 bits per heavy atom. The van der Waals surface area contributed by atoms with E-state index in [9.17, 15) is 14.4 Å². The van der Waals surface area contributed by atoms with Gasteiger partial charge in [0.25, 0.3) is 0 Å². The number of carbonyl (C=O) groups is 3. The number of carboxylic acid groups (broad SMARTS) is 2. The van der Waals surface area contributed by atoms with Gasteiger partial charge in [0.2, 0.25) is 0 Å². The average Bonchev–Trinajstić information content (AvgIpc) is 2.75. The van der Waals surface area contributed by atoms with Gasteiger partial charge in [-0.15, -0.1) is 0 Å². The van der Waals surface area contributed by atoms with E-state index in [1.54, 1.807) is 23.1 Å². The molecule has 190 valence electrons. The Labute approximate surface area is 209 Å². The maximum atomic E-state index is 12.5. The van der Waals surface area contributed by atoms with Crippen LogP contribution in [0.1, 0.15) is 13.8 Å². The number of amides is 2. The molecule has 10 nitrogen and oxygen atoms in total. The van der Waals surface area contributed by atoms with Crippen molar-refractivity contribution in [3.8, 4) is 5.75 Å². The zero-order valence-corrected chi connectivity index (χ0v) is 20.7. The quantitative estimate of drug-likeness (QED) is 0.402. The van der Waals surface area contributed by atoms with E-state index in [0.29, 0.717) is 47.6 Å². The molecule has 1 aliphatic heterocycles. The zero-order valence-electron chi connectivity index (χ0n) is 19.2. The molecule has 3 N–H and O–H groups in total. The first-order valence-corrected chi connectivity index (χ1v) is 11.4. The van der Waals surface area contributed by atoms with E-state index in [1.165, 1.54) is 0 Å². The fourth-order valence-electron chi connectivity index (χ4n) is 2.86. The minimum Gasteiger partial charge on any atom is -0.492 e. The van der Waals surface area contributed by atoms with Gasteiger partial charge in [-0.2, -0.15) is 0 Å². The highest BCUT2D eigenvalue weighted by Crippen LogP contribution is 2.24. The molecule has 1 heterocycles. The number of hydrogen-bond donors (Lipinski definition) is 3. The Morgan fingerprint density at radius 3 is 2.18 bits per heavy atom. The van der Waals surface area contributed by atoms with Gasteiger partial charge < -0.3 is 29.9 Å². The van der Waals surface area contributed by atoms with Crippen LogP contribution >= 0.6 is 23.2 Å². The highest BCUT2D eigenvalue weighted by atomic mass is 35.5. The third kappa shape index (κ3) is 13.2. The monoisotopic (exact) mass is 519 g/mol. The standard InChI is InChI=1S/C18H27Cl2N3O3.C4H4O4/c1-14(2)23(7-10-26-17-12-15(19)11-16(20)13-17)18(24)21-3-4-22-5-8-25-9-6-22;5-3(6)1-2-4(7)8/h11-14H,3-10H2,1-2H3,(H,21,24);1-2H,(H,5,6)(H,7,8). The second kappa shape index (κ2) is 16.2. The lowest BCUT2D eigenvalue weighted by atomic mass is 10.3. The molecule has 12 heteroatoms. The van der Waals surface area contributed by atoms with Crippen molar-refractivity contribution in [2.24, 2.45) is 0 Å². The third-order valence-corrected chi connectivity index (χ3v) is 4.93. The van der Waals surface area contributed by atoms with Crippen LogP contribution in [0.25, 0.3) is 0 Å². The van der Waals surface area contributed by atoms with Gasteiger partial charge in [0, 0.05) is 54.4 Å². The summed E-state index contributed by atoms with van der Waals surface area (Å²) in [6.07, 6.45) is 1.12. The van der Waals surface area contributed by atoms with Crippen LogP contribution in [-0.4, -0.2) is 96.6 Å². The van der Waals surface area contributed by atoms with Crippen molar-refractivity contribution in [2.75, 3.05) is 52.5 Å². The lowest BCUT2D eigenvalue weighted by molar-refractivity contribution is -0.134. The minimum atomic E-state index is -1.26. The van der Waals surface area contributed by atoms with Gasteiger partial charge in [-0.1, -0.05) is 23.2 Å². The SMILES string of the molecule is CC(C)N(CCOc1cc(Cl)cc(Cl)c1)C(=O)NCCN1CCOCC1.O=C(O)C=CC(=O)O. The summed E-state index contributed by atoms with van der Waals surface area (Å²) in [5.74, 6) is -1.92. The van der Waals surface area contributed by atoms with Crippen LogP contribution in [0.15, 0.2) is 30.4 Å². The van der Waals surface area contributed by atoms with Crippen molar-refractivity contribution >= 4 is 41.2 Å². The Hall–Kier alpha value is -2.53. The number of ether oxygens (including phenoxy) is 2. The lowest BCUT2D eigenvalue weighted by Crippen LogP contribution is -2.48. The molecule has 0 atom stereocenters. The minimum absolute atomic E-state index is 0.0740. The number of carboxylic acids is 2. The molecule has 0 spiro atoms. The normalized spacial score (nSPS) is 13.8. The molecule has 34 heavy (non-hydrogen) atoms. The fraction of sp³-hybridized carbons (Fsp3) is 0.500. The topological polar surface area (TPSA) is 129 Å². The number of urea groups is 1. The number of nitrogens with zero attached hydrogens (tertiary/aromatic N) is 2. The molecular weight excluding hydrogens is 489 g/mol. The van der Waals surface area contributed by atoms with Gasteiger partial charge in [-0.3, -0.25) is 4.90 Å². The molecule has 0 saturated carbocycles. The molecule has 2 amide bonds. The number of carbonyl (C=O) groups excluding carboxylic acids is 1. The number of hydrogen-bond acceptors (Lipinski definition) is 6. The number of morpholine rings is 1.